The largest absolute Gasteiger partial charge is 0.353 e. The first-order valence-corrected chi connectivity index (χ1v) is 6.50. The van der Waals surface area contributed by atoms with E-state index >= 15 is 0 Å². The van der Waals surface area contributed by atoms with Gasteiger partial charge in [0.05, 0.1) is 12.5 Å². The van der Waals surface area contributed by atoms with Gasteiger partial charge in [0.25, 0.3) is 0 Å². The van der Waals surface area contributed by atoms with Crippen LogP contribution in [0, 0.1) is 17.2 Å². The molecule has 98 valence electrons. The van der Waals surface area contributed by atoms with Crippen molar-refractivity contribution in [1.82, 2.24) is 5.32 Å². The molecular formula is C13H25N3O. The molecule has 0 saturated carbocycles. The van der Waals surface area contributed by atoms with Gasteiger partial charge in [0, 0.05) is 12.5 Å². The summed E-state index contributed by atoms with van der Waals surface area (Å²) in [6, 6.07) is 2.00. The average Bonchev–Trinajstić information content (AvgIpc) is 2.27. The molecule has 0 saturated heterocycles. The first-order chi connectivity index (χ1) is 8.13. The van der Waals surface area contributed by atoms with Crippen LogP contribution in [0.25, 0.3) is 0 Å². The van der Waals surface area contributed by atoms with Gasteiger partial charge in [-0.05, 0) is 32.2 Å². The molecule has 0 spiro atoms. The van der Waals surface area contributed by atoms with Crippen LogP contribution >= 0.6 is 0 Å². The molecule has 0 aliphatic heterocycles. The van der Waals surface area contributed by atoms with Crippen molar-refractivity contribution in [2.24, 2.45) is 11.7 Å². The lowest BCUT2D eigenvalue weighted by Crippen LogP contribution is -2.32. The topological polar surface area (TPSA) is 78.9 Å². The minimum Gasteiger partial charge on any atom is -0.353 e. The molecule has 0 rings (SSSR count). The van der Waals surface area contributed by atoms with Crippen molar-refractivity contribution in [3.8, 4) is 6.07 Å². The molecule has 4 nitrogen and oxygen atoms in total. The summed E-state index contributed by atoms with van der Waals surface area (Å²) in [6.45, 7) is 4.69. The molecule has 0 bridgehead atoms. The second kappa shape index (κ2) is 10.1. The van der Waals surface area contributed by atoms with Gasteiger partial charge in [-0.2, -0.15) is 5.26 Å². The van der Waals surface area contributed by atoms with E-state index in [1.54, 1.807) is 0 Å². The molecular weight excluding hydrogens is 214 g/mol. The van der Waals surface area contributed by atoms with Gasteiger partial charge in [-0.1, -0.05) is 19.8 Å². The Balaban J connectivity index is 3.83. The van der Waals surface area contributed by atoms with E-state index in [0.717, 1.165) is 25.7 Å². The lowest BCUT2D eigenvalue weighted by atomic mass is 9.94. The second-order valence-corrected chi connectivity index (χ2v) is 4.60. The van der Waals surface area contributed by atoms with E-state index < -0.39 is 0 Å². The van der Waals surface area contributed by atoms with Crippen molar-refractivity contribution in [2.45, 2.75) is 58.4 Å². The summed E-state index contributed by atoms with van der Waals surface area (Å²) >= 11 is 0. The Morgan fingerprint density at radius 3 is 2.65 bits per heavy atom. The Morgan fingerprint density at radius 2 is 2.12 bits per heavy atom. The molecule has 0 aromatic rings. The highest BCUT2D eigenvalue weighted by molar-refractivity contribution is 5.76. The van der Waals surface area contributed by atoms with Gasteiger partial charge in [-0.25, -0.2) is 0 Å². The standard InChI is InChI=1S/C13H25N3O/c1-3-4-12(8-10-15)5-6-13(17)16-11(2)7-9-14/h11-12H,3-8,10,15H2,1-2H3,(H,16,17). The third-order valence-electron chi connectivity index (χ3n) is 2.86. The van der Waals surface area contributed by atoms with Crippen molar-refractivity contribution in [3.63, 3.8) is 0 Å². The van der Waals surface area contributed by atoms with Crippen molar-refractivity contribution in [1.29, 1.82) is 5.26 Å². The molecule has 2 unspecified atom stereocenters. The van der Waals surface area contributed by atoms with Crippen molar-refractivity contribution >= 4 is 5.91 Å². The molecule has 4 heteroatoms. The molecule has 1 amide bonds. The minimum atomic E-state index is -0.0494. The van der Waals surface area contributed by atoms with Crippen molar-refractivity contribution in [2.75, 3.05) is 6.54 Å². The fourth-order valence-electron chi connectivity index (χ4n) is 1.95. The summed E-state index contributed by atoms with van der Waals surface area (Å²) in [5.74, 6) is 0.605. The number of hydrogen-bond donors (Lipinski definition) is 2. The highest BCUT2D eigenvalue weighted by Crippen LogP contribution is 2.16. The number of hydrogen-bond acceptors (Lipinski definition) is 3. The average molecular weight is 239 g/mol. The maximum Gasteiger partial charge on any atom is 0.220 e. The first kappa shape index (κ1) is 15.9. The minimum absolute atomic E-state index is 0.0471. The summed E-state index contributed by atoms with van der Waals surface area (Å²) in [7, 11) is 0. The van der Waals surface area contributed by atoms with Gasteiger partial charge < -0.3 is 11.1 Å². The fraction of sp³-hybridized carbons (Fsp3) is 0.846. The lowest BCUT2D eigenvalue weighted by molar-refractivity contribution is -0.122. The van der Waals surface area contributed by atoms with E-state index in [1.165, 1.54) is 0 Å². The number of nitrogens with one attached hydrogen (secondary N) is 1. The summed E-state index contributed by atoms with van der Waals surface area (Å²) < 4.78 is 0. The predicted octanol–water partition coefficient (Wildman–Crippen LogP) is 1.95. The second-order valence-electron chi connectivity index (χ2n) is 4.60. The van der Waals surface area contributed by atoms with Gasteiger partial charge in [0.2, 0.25) is 5.91 Å². The third-order valence-corrected chi connectivity index (χ3v) is 2.86. The summed E-state index contributed by atoms with van der Waals surface area (Å²) in [6.07, 6.45) is 5.08. The van der Waals surface area contributed by atoms with E-state index in [-0.39, 0.29) is 11.9 Å². The van der Waals surface area contributed by atoms with Crippen LogP contribution in [0.3, 0.4) is 0 Å². The number of carbonyl (C=O) groups excluding carboxylic acids is 1. The summed E-state index contributed by atoms with van der Waals surface area (Å²) in [5, 5.41) is 11.3. The van der Waals surface area contributed by atoms with Crippen LogP contribution < -0.4 is 11.1 Å². The van der Waals surface area contributed by atoms with Crippen LogP contribution in [0.5, 0.6) is 0 Å². The maximum atomic E-state index is 11.6. The number of rotatable bonds is 9. The van der Waals surface area contributed by atoms with Crippen LogP contribution in [-0.2, 0) is 4.79 Å². The van der Waals surface area contributed by atoms with Crippen LogP contribution in [0.4, 0.5) is 0 Å². The predicted molar refractivity (Wildman–Crippen MR) is 69.1 cm³/mol. The summed E-state index contributed by atoms with van der Waals surface area (Å²) in [5.41, 5.74) is 5.55. The van der Waals surface area contributed by atoms with Gasteiger partial charge in [0.15, 0.2) is 0 Å². The van der Waals surface area contributed by atoms with E-state index in [4.69, 9.17) is 11.0 Å². The third kappa shape index (κ3) is 8.70. The van der Waals surface area contributed by atoms with Crippen LogP contribution in [0.1, 0.15) is 52.4 Å². The quantitative estimate of drug-likeness (QED) is 0.645. The first-order valence-electron chi connectivity index (χ1n) is 6.50. The van der Waals surface area contributed by atoms with E-state index in [1.807, 2.05) is 13.0 Å². The number of amides is 1. The van der Waals surface area contributed by atoms with Crippen LogP contribution in [0.2, 0.25) is 0 Å². The van der Waals surface area contributed by atoms with Crippen molar-refractivity contribution < 1.29 is 4.79 Å². The number of carbonyl (C=O) groups is 1. The van der Waals surface area contributed by atoms with Crippen LogP contribution in [-0.4, -0.2) is 18.5 Å². The molecule has 0 heterocycles. The molecule has 0 aliphatic rings. The molecule has 2 atom stereocenters. The van der Waals surface area contributed by atoms with Gasteiger partial charge in [-0.15, -0.1) is 0 Å². The highest BCUT2D eigenvalue weighted by atomic mass is 16.1. The molecule has 17 heavy (non-hydrogen) atoms. The normalized spacial score (nSPS) is 13.8. The number of nitrogens with zero attached hydrogens (tertiary/aromatic N) is 1. The monoisotopic (exact) mass is 239 g/mol. The fourth-order valence-corrected chi connectivity index (χ4v) is 1.95. The number of nitrogens with two attached hydrogens (primary N) is 1. The highest BCUT2D eigenvalue weighted by Gasteiger charge is 2.11. The molecule has 0 aromatic carbocycles. The Labute approximate surface area is 105 Å². The van der Waals surface area contributed by atoms with Gasteiger partial charge in [0.1, 0.15) is 0 Å². The molecule has 0 aromatic heterocycles. The smallest absolute Gasteiger partial charge is 0.220 e. The Hall–Kier alpha value is -1.08. The Bertz CT molecular complexity index is 242. The zero-order valence-corrected chi connectivity index (χ0v) is 11.0. The molecule has 3 N–H and O–H groups in total. The molecule has 0 aliphatic carbocycles. The van der Waals surface area contributed by atoms with Crippen molar-refractivity contribution in [3.05, 3.63) is 0 Å². The Kier molecular flexibility index (Phi) is 9.46. The SMILES string of the molecule is CCCC(CCN)CCC(=O)NC(C)CC#N. The summed E-state index contributed by atoms with van der Waals surface area (Å²) in [4.78, 5) is 11.6. The van der Waals surface area contributed by atoms with E-state index in [9.17, 15) is 4.79 Å². The lowest BCUT2D eigenvalue weighted by Gasteiger charge is -2.15. The molecule has 0 fully saturated rings. The van der Waals surface area contributed by atoms with E-state index in [2.05, 4.69) is 12.2 Å². The Morgan fingerprint density at radius 1 is 1.41 bits per heavy atom. The van der Waals surface area contributed by atoms with Gasteiger partial charge >= 0.3 is 0 Å². The zero-order chi connectivity index (χ0) is 13.1. The van der Waals surface area contributed by atoms with Crippen LogP contribution in [0.15, 0.2) is 0 Å². The maximum absolute atomic E-state index is 11.6. The van der Waals surface area contributed by atoms with E-state index in [0.29, 0.717) is 25.3 Å². The zero-order valence-electron chi connectivity index (χ0n) is 11.0. The number of nitriles is 1. The molecule has 0 radical (unpaired) electrons. The van der Waals surface area contributed by atoms with Gasteiger partial charge in [-0.3, -0.25) is 4.79 Å².